The zero-order valence-electron chi connectivity index (χ0n) is 20.0. The van der Waals surface area contributed by atoms with Crippen molar-refractivity contribution in [1.82, 2.24) is 4.48 Å². The lowest BCUT2D eigenvalue weighted by atomic mass is 9.86. The second kappa shape index (κ2) is 9.66. The van der Waals surface area contributed by atoms with Gasteiger partial charge in [0.1, 0.15) is 6.54 Å². The van der Waals surface area contributed by atoms with Crippen LogP contribution in [0.4, 0.5) is 11.4 Å². The third-order valence-electron chi connectivity index (χ3n) is 6.34. The number of benzene rings is 2. The largest absolute Gasteiger partial charge is 1.00 e. The zero-order valence-corrected chi connectivity index (χ0v) is 20.8. The molecule has 1 aliphatic heterocycles. The van der Waals surface area contributed by atoms with Crippen molar-refractivity contribution in [3.8, 4) is 0 Å². The molecule has 1 aliphatic rings. The molecule has 0 saturated carbocycles. The van der Waals surface area contributed by atoms with Crippen molar-refractivity contribution < 1.29 is 12.4 Å². The molecule has 164 valence electrons. The van der Waals surface area contributed by atoms with Crippen molar-refractivity contribution in [2.75, 3.05) is 13.1 Å². The number of aliphatic imine (C=N–C) groups is 1. The van der Waals surface area contributed by atoms with Crippen molar-refractivity contribution in [2.45, 2.75) is 79.1 Å². The van der Waals surface area contributed by atoms with Crippen molar-refractivity contribution in [3.63, 3.8) is 0 Å². The highest BCUT2D eigenvalue weighted by molar-refractivity contribution is 5.90. The van der Waals surface area contributed by atoms with Crippen LogP contribution in [0.3, 0.4) is 0 Å². The Morgan fingerprint density at radius 2 is 0.967 bits per heavy atom. The molecule has 2 nitrogen and oxygen atoms in total. The van der Waals surface area contributed by atoms with E-state index in [0.29, 0.717) is 23.7 Å². The maximum absolute atomic E-state index is 4.84. The SMILES string of the molecule is CC(C)c1cccc(C(C)C)c1[N+]1(c2c(C(C)C)cccc2C(C)C)C=NCC1.[Cl-]. The molecule has 0 amide bonds. The third kappa shape index (κ3) is 4.22. The first-order valence-electron chi connectivity index (χ1n) is 11.4. The molecule has 0 aromatic heterocycles. The second-order valence-corrected chi connectivity index (χ2v) is 9.80. The summed E-state index contributed by atoms with van der Waals surface area (Å²) in [6.45, 7) is 20.5. The number of quaternary nitrogens is 1. The minimum absolute atomic E-state index is 0. The van der Waals surface area contributed by atoms with Gasteiger partial charge in [0.25, 0.3) is 0 Å². The molecule has 0 unspecified atom stereocenters. The second-order valence-electron chi connectivity index (χ2n) is 9.80. The van der Waals surface area contributed by atoms with Crippen LogP contribution >= 0.6 is 0 Å². The summed E-state index contributed by atoms with van der Waals surface area (Å²) in [6, 6.07) is 13.8. The Bertz CT molecular complexity index is 778. The summed E-state index contributed by atoms with van der Waals surface area (Å²) in [6.07, 6.45) is 2.25. The van der Waals surface area contributed by atoms with E-state index in [1.54, 1.807) is 0 Å². The molecular formula is C27H39ClN2. The molecular weight excluding hydrogens is 388 g/mol. The van der Waals surface area contributed by atoms with E-state index in [4.69, 9.17) is 4.99 Å². The van der Waals surface area contributed by atoms with Crippen LogP contribution < -0.4 is 16.9 Å². The molecule has 2 aromatic rings. The normalized spacial score (nSPS) is 15.5. The van der Waals surface area contributed by atoms with Crippen molar-refractivity contribution in [3.05, 3.63) is 58.7 Å². The Kier molecular flexibility index (Phi) is 7.93. The van der Waals surface area contributed by atoms with Gasteiger partial charge >= 0.3 is 0 Å². The first-order valence-corrected chi connectivity index (χ1v) is 11.4. The predicted molar refractivity (Wildman–Crippen MR) is 129 cm³/mol. The van der Waals surface area contributed by atoms with Gasteiger partial charge in [-0.2, -0.15) is 0 Å². The summed E-state index contributed by atoms with van der Waals surface area (Å²) in [5.41, 5.74) is 8.76. The van der Waals surface area contributed by atoms with Gasteiger partial charge in [0, 0.05) is 22.3 Å². The Hall–Kier alpha value is -1.64. The molecule has 0 radical (unpaired) electrons. The fraction of sp³-hybridized carbons (Fsp3) is 0.519. The molecule has 0 atom stereocenters. The highest BCUT2D eigenvalue weighted by atomic mass is 35.5. The van der Waals surface area contributed by atoms with Gasteiger partial charge in [-0.25, -0.2) is 9.48 Å². The number of hydrogen-bond donors (Lipinski definition) is 0. The van der Waals surface area contributed by atoms with E-state index in [0.717, 1.165) is 17.6 Å². The lowest BCUT2D eigenvalue weighted by Crippen LogP contribution is -3.00. The molecule has 1 heterocycles. The molecule has 0 spiro atoms. The molecule has 0 N–H and O–H groups in total. The zero-order chi connectivity index (χ0) is 21.3. The van der Waals surface area contributed by atoms with Crippen LogP contribution in [0.2, 0.25) is 0 Å². The molecule has 3 rings (SSSR count). The number of rotatable bonds is 6. The van der Waals surface area contributed by atoms with E-state index in [1.165, 1.54) is 33.6 Å². The maximum Gasteiger partial charge on any atom is 0.195 e. The van der Waals surface area contributed by atoms with E-state index in [2.05, 4.69) is 98.1 Å². The summed E-state index contributed by atoms with van der Waals surface area (Å²) in [4.78, 5) is 4.84. The number of nitrogens with zero attached hydrogens (tertiary/aromatic N) is 2. The summed E-state index contributed by atoms with van der Waals surface area (Å²) in [5.74, 6) is 1.89. The van der Waals surface area contributed by atoms with Gasteiger partial charge in [-0.1, -0.05) is 91.8 Å². The lowest BCUT2D eigenvalue weighted by Gasteiger charge is -2.38. The summed E-state index contributed by atoms with van der Waals surface area (Å²) in [7, 11) is 0. The first-order chi connectivity index (χ1) is 13.7. The predicted octanol–water partition coefficient (Wildman–Crippen LogP) is 4.87. The van der Waals surface area contributed by atoms with E-state index >= 15 is 0 Å². The van der Waals surface area contributed by atoms with E-state index < -0.39 is 0 Å². The van der Waals surface area contributed by atoms with Crippen LogP contribution in [0.15, 0.2) is 41.4 Å². The Morgan fingerprint density at radius 3 is 1.20 bits per heavy atom. The van der Waals surface area contributed by atoms with Gasteiger partial charge in [-0.15, -0.1) is 0 Å². The first kappa shape index (κ1) is 24.6. The molecule has 2 aromatic carbocycles. The van der Waals surface area contributed by atoms with Crippen LogP contribution in [-0.4, -0.2) is 19.4 Å². The van der Waals surface area contributed by atoms with E-state index in [9.17, 15) is 0 Å². The van der Waals surface area contributed by atoms with E-state index in [-0.39, 0.29) is 12.4 Å². The van der Waals surface area contributed by atoms with Gasteiger partial charge in [-0.3, -0.25) is 0 Å². The third-order valence-corrected chi connectivity index (χ3v) is 6.34. The summed E-state index contributed by atoms with van der Waals surface area (Å²) in [5, 5.41) is 0. The fourth-order valence-electron chi connectivity index (χ4n) is 4.87. The van der Waals surface area contributed by atoms with Crippen LogP contribution in [0, 0.1) is 0 Å². The summed E-state index contributed by atoms with van der Waals surface area (Å²) >= 11 is 0. The molecule has 0 fully saturated rings. The molecule has 3 heteroatoms. The standard InChI is InChI=1S/C27H39N2.ClH/c1-18(2)22-11-9-12-23(19(3)4)26(22)29(16-15-28-17-29)27-24(20(5)6)13-10-14-25(27)21(7)8;/h9-14,17-21H,15-16H2,1-8H3;1H/q+1;/p-1. The number of hydrogen-bond acceptors (Lipinski definition) is 1. The lowest BCUT2D eigenvalue weighted by molar-refractivity contribution is -0.00000645. The van der Waals surface area contributed by atoms with Gasteiger partial charge in [-0.05, 0) is 23.7 Å². The van der Waals surface area contributed by atoms with Crippen LogP contribution in [0.25, 0.3) is 0 Å². The number of para-hydroxylation sites is 2. The van der Waals surface area contributed by atoms with Gasteiger partial charge < -0.3 is 12.4 Å². The summed E-state index contributed by atoms with van der Waals surface area (Å²) < 4.78 is 0.768. The Morgan fingerprint density at radius 1 is 0.633 bits per heavy atom. The van der Waals surface area contributed by atoms with Crippen molar-refractivity contribution in [1.29, 1.82) is 0 Å². The van der Waals surface area contributed by atoms with Crippen LogP contribution in [0.1, 0.15) is 101 Å². The Labute approximate surface area is 190 Å². The molecule has 0 bridgehead atoms. The van der Waals surface area contributed by atoms with Crippen LogP contribution in [0.5, 0.6) is 0 Å². The van der Waals surface area contributed by atoms with Crippen molar-refractivity contribution >= 4 is 17.7 Å². The average molecular weight is 427 g/mol. The van der Waals surface area contributed by atoms with E-state index in [1.807, 2.05) is 0 Å². The maximum atomic E-state index is 4.84. The molecule has 0 saturated heterocycles. The minimum Gasteiger partial charge on any atom is -1.00 e. The van der Waals surface area contributed by atoms with Gasteiger partial charge in [0.2, 0.25) is 0 Å². The highest BCUT2D eigenvalue weighted by Gasteiger charge is 2.43. The smallest absolute Gasteiger partial charge is 0.195 e. The average Bonchev–Trinajstić information content (AvgIpc) is 3.17. The molecule has 0 aliphatic carbocycles. The molecule has 30 heavy (non-hydrogen) atoms. The topological polar surface area (TPSA) is 12.4 Å². The van der Waals surface area contributed by atoms with Gasteiger partial charge in [0.15, 0.2) is 17.7 Å². The number of halogens is 1. The quantitative estimate of drug-likeness (QED) is 0.584. The Balaban J connectivity index is 0.00000320. The van der Waals surface area contributed by atoms with Crippen LogP contribution in [-0.2, 0) is 0 Å². The fourth-order valence-corrected chi connectivity index (χ4v) is 4.87. The van der Waals surface area contributed by atoms with Crippen molar-refractivity contribution in [2.24, 2.45) is 4.99 Å². The monoisotopic (exact) mass is 426 g/mol. The minimum atomic E-state index is 0. The van der Waals surface area contributed by atoms with Gasteiger partial charge in [0.05, 0.1) is 6.54 Å². The highest BCUT2D eigenvalue weighted by Crippen LogP contribution is 2.49.